The summed E-state index contributed by atoms with van der Waals surface area (Å²) in [4.78, 5) is 8.78. The summed E-state index contributed by atoms with van der Waals surface area (Å²) in [5.41, 5.74) is 4.03. The van der Waals surface area contributed by atoms with E-state index in [1.807, 2.05) is 22.7 Å². The summed E-state index contributed by atoms with van der Waals surface area (Å²) in [6.07, 6.45) is 3.79. The van der Waals surface area contributed by atoms with Crippen molar-refractivity contribution in [2.24, 2.45) is 0 Å². The average Bonchev–Trinajstić information content (AvgIpc) is 2.54. The Morgan fingerprint density at radius 2 is 2.21 bits per heavy atom. The van der Waals surface area contributed by atoms with Crippen LogP contribution in [0, 0.1) is 6.92 Å². The Labute approximate surface area is 81.0 Å². The van der Waals surface area contributed by atoms with Crippen LogP contribution >= 0.6 is 0 Å². The number of pyridine rings is 2. The zero-order valence-electron chi connectivity index (χ0n) is 7.81. The second-order valence-corrected chi connectivity index (χ2v) is 3.39. The average molecular weight is 183 g/mol. The van der Waals surface area contributed by atoms with Crippen LogP contribution in [0.3, 0.4) is 0 Å². The van der Waals surface area contributed by atoms with Gasteiger partial charge in [-0.15, -0.1) is 0 Å². The molecular formula is C11H9N3. The van der Waals surface area contributed by atoms with Gasteiger partial charge in [-0.05, 0) is 36.8 Å². The quantitative estimate of drug-likeness (QED) is 0.534. The number of hydrogen-bond acceptors (Lipinski definition) is 2. The molecule has 0 amide bonds. The van der Waals surface area contributed by atoms with E-state index in [2.05, 4.69) is 29.0 Å². The van der Waals surface area contributed by atoms with Crippen LogP contribution in [0.4, 0.5) is 0 Å². The minimum Gasteiger partial charge on any atom is -0.284 e. The fourth-order valence-electron chi connectivity index (χ4n) is 1.64. The zero-order chi connectivity index (χ0) is 9.54. The highest BCUT2D eigenvalue weighted by Crippen LogP contribution is 2.14. The van der Waals surface area contributed by atoms with Gasteiger partial charge in [0.1, 0.15) is 11.2 Å². The van der Waals surface area contributed by atoms with Crippen molar-refractivity contribution in [3.63, 3.8) is 0 Å². The largest absolute Gasteiger partial charge is 0.284 e. The zero-order valence-corrected chi connectivity index (χ0v) is 7.81. The third-order valence-electron chi connectivity index (χ3n) is 2.32. The molecule has 0 radical (unpaired) electrons. The maximum Gasteiger partial charge on any atom is 0.164 e. The number of rotatable bonds is 0. The van der Waals surface area contributed by atoms with E-state index in [9.17, 15) is 0 Å². The summed E-state index contributed by atoms with van der Waals surface area (Å²) in [6.45, 7) is 2.06. The van der Waals surface area contributed by atoms with Crippen molar-refractivity contribution < 1.29 is 0 Å². The first kappa shape index (κ1) is 7.50. The Bertz CT molecular complexity index is 610. The molecule has 3 rings (SSSR count). The SMILES string of the molecule is Cc1ccn2c(c1)nc1cccnc12. The molecule has 0 unspecified atom stereocenters. The van der Waals surface area contributed by atoms with E-state index in [1.165, 1.54) is 5.56 Å². The minimum atomic E-state index is 0.919. The molecule has 0 N–H and O–H groups in total. The van der Waals surface area contributed by atoms with Crippen LogP contribution in [0.25, 0.3) is 16.8 Å². The number of aryl methyl sites for hydroxylation is 1. The highest BCUT2D eigenvalue weighted by molar-refractivity contribution is 5.76. The topological polar surface area (TPSA) is 30.2 Å². The number of fused-ring (bicyclic) bond motifs is 3. The summed E-state index contributed by atoms with van der Waals surface area (Å²) >= 11 is 0. The van der Waals surface area contributed by atoms with Crippen molar-refractivity contribution >= 4 is 16.8 Å². The molecule has 0 bridgehead atoms. The number of hydrogen-bond donors (Lipinski definition) is 0. The van der Waals surface area contributed by atoms with Crippen molar-refractivity contribution in [1.82, 2.24) is 14.4 Å². The predicted octanol–water partition coefficient (Wildman–Crippen LogP) is 2.19. The van der Waals surface area contributed by atoms with Crippen LogP contribution in [0.15, 0.2) is 36.7 Å². The van der Waals surface area contributed by atoms with E-state index in [1.54, 1.807) is 6.20 Å². The molecule has 0 saturated carbocycles. The summed E-state index contributed by atoms with van der Waals surface area (Å²) < 4.78 is 2.00. The van der Waals surface area contributed by atoms with Gasteiger partial charge in [-0.3, -0.25) is 4.40 Å². The van der Waals surface area contributed by atoms with Gasteiger partial charge in [0.05, 0.1) is 0 Å². The molecule has 68 valence electrons. The summed E-state index contributed by atoms with van der Waals surface area (Å²) in [6, 6.07) is 8.00. The molecule has 0 spiro atoms. The minimum absolute atomic E-state index is 0.919. The fraction of sp³-hybridized carbons (Fsp3) is 0.0909. The first-order valence-electron chi connectivity index (χ1n) is 4.54. The van der Waals surface area contributed by atoms with Crippen LogP contribution < -0.4 is 0 Å². The number of imidazole rings is 1. The molecule has 0 aliphatic carbocycles. The van der Waals surface area contributed by atoms with Gasteiger partial charge >= 0.3 is 0 Å². The molecule has 0 saturated heterocycles. The monoisotopic (exact) mass is 183 g/mol. The molecule has 3 heterocycles. The first-order valence-corrected chi connectivity index (χ1v) is 4.54. The lowest BCUT2D eigenvalue weighted by molar-refractivity contribution is 1.17. The van der Waals surface area contributed by atoms with E-state index in [4.69, 9.17) is 0 Å². The van der Waals surface area contributed by atoms with Gasteiger partial charge < -0.3 is 0 Å². The fourth-order valence-corrected chi connectivity index (χ4v) is 1.64. The standard InChI is InChI=1S/C11H9N3/c1-8-4-6-14-10(7-8)13-9-3-2-5-12-11(9)14/h2-7H,1H3. The van der Waals surface area contributed by atoms with Crippen molar-refractivity contribution in [2.45, 2.75) is 6.92 Å². The van der Waals surface area contributed by atoms with Crippen LogP contribution in [0.1, 0.15) is 5.56 Å². The van der Waals surface area contributed by atoms with E-state index in [0.717, 1.165) is 16.8 Å². The molecule has 14 heavy (non-hydrogen) atoms. The second-order valence-electron chi connectivity index (χ2n) is 3.39. The highest BCUT2D eigenvalue weighted by Gasteiger charge is 2.03. The summed E-state index contributed by atoms with van der Waals surface area (Å²) in [5.74, 6) is 0. The third kappa shape index (κ3) is 0.923. The maximum absolute atomic E-state index is 4.48. The molecule has 0 aromatic carbocycles. The van der Waals surface area contributed by atoms with Crippen LogP contribution in [-0.4, -0.2) is 14.4 Å². The van der Waals surface area contributed by atoms with E-state index in [0.29, 0.717) is 0 Å². The summed E-state index contributed by atoms with van der Waals surface area (Å²) in [5, 5.41) is 0. The number of nitrogens with zero attached hydrogens (tertiary/aromatic N) is 3. The molecule has 3 aromatic heterocycles. The molecule has 3 nitrogen and oxygen atoms in total. The van der Waals surface area contributed by atoms with Gasteiger partial charge in [0.2, 0.25) is 0 Å². The van der Waals surface area contributed by atoms with Crippen LogP contribution in [0.5, 0.6) is 0 Å². The Hall–Kier alpha value is -1.90. The third-order valence-corrected chi connectivity index (χ3v) is 2.32. The van der Waals surface area contributed by atoms with E-state index < -0.39 is 0 Å². The lowest BCUT2D eigenvalue weighted by Crippen LogP contribution is -1.85. The van der Waals surface area contributed by atoms with E-state index in [-0.39, 0.29) is 0 Å². The van der Waals surface area contributed by atoms with Gasteiger partial charge in [-0.1, -0.05) is 0 Å². The molecule has 0 aliphatic heterocycles. The first-order chi connectivity index (χ1) is 6.84. The van der Waals surface area contributed by atoms with Crippen molar-refractivity contribution in [2.75, 3.05) is 0 Å². The van der Waals surface area contributed by atoms with Gasteiger partial charge in [0.15, 0.2) is 5.65 Å². The Balaban J connectivity index is 2.57. The maximum atomic E-state index is 4.48. The van der Waals surface area contributed by atoms with Gasteiger partial charge in [-0.25, -0.2) is 9.97 Å². The molecule has 3 aromatic rings. The van der Waals surface area contributed by atoms with Crippen molar-refractivity contribution in [1.29, 1.82) is 0 Å². The van der Waals surface area contributed by atoms with Crippen molar-refractivity contribution in [3.8, 4) is 0 Å². The normalized spacial score (nSPS) is 11.2. The lowest BCUT2D eigenvalue weighted by atomic mass is 10.3. The highest BCUT2D eigenvalue weighted by atomic mass is 15.1. The molecule has 3 heteroatoms. The molecule has 0 aliphatic rings. The smallest absolute Gasteiger partial charge is 0.164 e. The van der Waals surface area contributed by atoms with Crippen molar-refractivity contribution in [3.05, 3.63) is 42.2 Å². The predicted molar refractivity (Wildman–Crippen MR) is 55.2 cm³/mol. The van der Waals surface area contributed by atoms with Gasteiger partial charge in [0, 0.05) is 12.4 Å². The lowest BCUT2D eigenvalue weighted by Gasteiger charge is -1.94. The Kier molecular flexibility index (Phi) is 1.36. The molecular weight excluding hydrogens is 174 g/mol. The van der Waals surface area contributed by atoms with Crippen LogP contribution in [0.2, 0.25) is 0 Å². The Morgan fingerprint density at radius 3 is 3.14 bits per heavy atom. The summed E-state index contributed by atoms with van der Waals surface area (Å²) in [7, 11) is 0. The van der Waals surface area contributed by atoms with E-state index >= 15 is 0 Å². The van der Waals surface area contributed by atoms with Gasteiger partial charge in [0.25, 0.3) is 0 Å². The molecule has 0 fully saturated rings. The molecule has 0 atom stereocenters. The van der Waals surface area contributed by atoms with Crippen LogP contribution in [-0.2, 0) is 0 Å². The number of aromatic nitrogens is 3. The second kappa shape index (κ2) is 2.54. The Morgan fingerprint density at radius 1 is 1.29 bits per heavy atom. The van der Waals surface area contributed by atoms with Gasteiger partial charge in [-0.2, -0.15) is 0 Å².